The van der Waals surface area contributed by atoms with Gasteiger partial charge in [0.25, 0.3) is 12.3 Å². The Labute approximate surface area is 363 Å². The van der Waals surface area contributed by atoms with E-state index in [0.29, 0.717) is 50.8 Å². The van der Waals surface area contributed by atoms with Crippen molar-refractivity contribution in [1.29, 1.82) is 0 Å². The molecule has 6 heterocycles. The smallest absolute Gasteiger partial charge is 0.329 e. The van der Waals surface area contributed by atoms with Gasteiger partial charge in [0, 0.05) is 58.6 Å². The zero-order valence-corrected chi connectivity index (χ0v) is 35.8. The summed E-state index contributed by atoms with van der Waals surface area (Å²) in [6.07, 6.45) is 11.6. The summed E-state index contributed by atoms with van der Waals surface area (Å²) in [5.74, 6) is 0.400. The highest BCUT2D eigenvalue weighted by atomic mass is 19.3. The molecule has 18 heteroatoms. The number of hydrogen-bond donors (Lipinski definition) is 1. The zero-order valence-electron chi connectivity index (χ0n) is 35.8. The molecule has 0 bridgehead atoms. The van der Waals surface area contributed by atoms with Crippen molar-refractivity contribution in [2.75, 3.05) is 56.3 Å². The van der Waals surface area contributed by atoms with Gasteiger partial charge in [0.1, 0.15) is 17.2 Å². The first-order valence-electron chi connectivity index (χ1n) is 22.5. The first-order chi connectivity index (χ1) is 30.6. The van der Waals surface area contributed by atoms with Crippen molar-refractivity contribution in [2.45, 2.75) is 108 Å². The Morgan fingerprint density at radius 3 is 2.60 bits per heavy atom. The fraction of sp³-hybridized carbons (Fsp3) is 0.578. The second kappa shape index (κ2) is 18.8. The minimum Gasteiger partial charge on any atom is -0.379 e. The largest absolute Gasteiger partial charge is 0.379 e. The minimum atomic E-state index is -2.85. The molecule has 1 amide bonds. The number of hydrogen-bond acceptors (Lipinski definition) is 11. The maximum atomic E-state index is 14.3. The van der Waals surface area contributed by atoms with Crippen LogP contribution in [0.25, 0.3) is 16.7 Å². The van der Waals surface area contributed by atoms with E-state index in [0.717, 1.165) is 100.0 Å². The highest BCUT2D eigenvalue weighted by Crippen LogP contribution is 2.36. The van der Waals surface area contributed by atoms with Gasteiger partial charge in [0.05, 0.1) is 60.9 Å². The molecule has 0 radical (unpaired) electrons. The van der Waals surface area contributed by atoms with Crippen LogP contribution in [0.1, 0.15) is 117 Å². The second-order valence-electron chi connectivity index (χ2n) is 17.7. The number of fused-ring (bicyclic) bond motifs is 2. The van der Waals surface area contributed by atoms with E-state index in [1.807, 2.05) is 24.3 Å². The molecular formula is C45H56F2N10O6. The number of Topliss-reactive ketones (excluding diaryl/α,β-unsaturated/α-hetero) is 2. The van der Waals surface area contributed by atoms with Crippen molar-refractivity contribution in [3.05, 3.63) is 70.2 Å². The second-order valence-corrected chi connectivity index (χ2v) is 17.7. The number of imidazole rings is 1. The molecule has 2 aliphatic carbocycles. The van der Waals surface area contributed by atoms with E-state index in [2.05, 4.69) is 25.3 Å². The standard InChI is InChI=1S/C45H56F2N10O6/c1-52-41-30(7-5-9-37(41)57(45(52)61)36-15-14-32(58)23-38(36)59)8-6-22-62-27-33-16-20-53(28-63-33)25-29-10-12-31(13-11-29)56-26-35(40(51-56)42(46)47)49-44(60)34-24-48-55-21-17-39(50-43(34)55)54-18-3-2-4-19-54/h5,7,9,17,21,24,26,29,31,33,36,42H,2-4,6,8,10-16,18-20,22-23,25,27-28H2,1H3,(H,49,60). The molecule has 1 aromatic carbocycles. The number of halogens is 2. The van der Waals surface area contributed by atoms with Crippen LogP contribution >= 0.6 is 0 Å². The van der Waals surface area contributed by atoms with E-state index in [1.165, 1.54) is 17.1 Å². The molecule has 5 aromatic rings. The van der Waals surface area contributed by atoms with Crippen LogP contribution in [0.5, 0.6) is 0 Å². The number of ether oxygens (including phenoxy) is 2. The molecule has 2 unspecified atom stereocenters. The average molecular weight is 871 g/mol. The maximum absolute atomic E-state index is 14.3. The third kappa shape index (κ3) is 9.20. The van der Waals surface area contributed by atoms with E-state index in [9.17, 15) is 28.0 Å². The number of amides is 1. The molecule has 4 fully saturated rings. The van der Waals surface area contributed by atoms with Crippen molar-refractivity contribution in [3.8, 4) is 0 Å². The van der Waals surface area contributed by atoms with Gasteiger partial charge in [-0.3, -0.25) is 33.1 Å². The number of nitrogens with one attached hydrogen (secondary N) is 1. The minimum absolute atomic E-state index is 0.000459. The van der Waals surface area contributed by atoms with Gasteiger partial charge in [-0.05, 0) is 94.2 Å². The van der Waals surface area contributed by atoms with Gasteiger partial charge in [-0.15, -0.1) is 0 Å². The first kappa shape index (κ1) is 42.9. The van der Waals surface area contributed by atoms with Gasteiger partial charge < -0.3 is 19.7 Å². The molecule has 2 saturated carbocycles. The lowest BCUT2D eigenvalue weighted by Gasteiger charge is -2.36. The molecule has 63 heavy (non-hydrogen) atoms. The third-order valence-corrected chi connectivity index (χ3v) is 13.4. The first-order valence-corrected chi connectivity index (χ1v) is 22.5. The monoisotopic (exact) mass is 870 g/mol. The van der Waals surface area contributed by atoms with Crippen LogP contribution in [-0.2, 0) is 32.5 Å². The summed E-state index contributed by atoms with van der Waals surface area (Å²) in [6, 6.07) is 7.02. The van der Waals surface area contributed by atoms with Crippen LogP contribution in [0.15, 0.2) is 47.7 Å². The van der Waals surface area contributed by atoms with Gasteiger partial charge in [0.2, 0.25) is 0 Å². The van der Waals surface area contributed by atoms with Gasteiger partial charge in [-0.2, -0.15) is 10.2 Å². The Morgan fingerprint density at radius 1 is 1.02 bits per heavy atom. The summed E-state index contributed by atoms with van der Waals surface area (Å²) in [5, 5.41) is 11.2. The zero-order chi connectivity index (χ0) is 43.6. The maximum Gasteiger partial charge on any atom is 0.329 e. The lowest BCUT2D eigenvalue weighted by atomic mass is 9.85. The summed E-state index contributed by atoms with van der Waals surface area (Å²) in [4.78, 5) is 60.5. The molecule has 336 valence electrons. The molecule has 16 nitrogen and oxygen atoms in total. The number of aryl methyl sites for hydroxylation is 2. The highest BCUT2D eigenvalue weighted by Gasteiger charge is 2.33. The predicted octanol–water partition coefficient (Wildman–Crippen LogP) is 6.05. The normalized spacial score (nSPS) is 22.8. The van der Waals surface area contributed by atoms with E-state index in [1.54, 1.807) is 33.3 Å². The van der Waals surface area contributed by atoms with Crippen LogP contribution in [0.3, 0.4) is 0 Å². The van der Waals surface area contributed by atoms with E-state index in [4.69, 9.17) is 14.5 Å². The van der Waals surface area contributed by atoms with Crippen LogP contribution < -0.4 is 15.9 Å². The number of aromatic nitrogens is 7. The van der Waals surface area contributed by atoms with Crippen molar-refractivity contribution >= 4 is 45.7 Å². The van der Waals surface area contributed by atoms with Crippen molar-refractivity contribution in [2.24, 2.45) is 13.0 Å². The number of piperidine rings is 1. The molecule has 1 N–H and O–H groups in total. The molecule has 2 saturated heterocycles. The van der Waals surface area contributed by atoms with Crippen LogP contribution in [-0.4, -0.2) is 108 Å². The summed E-state index contributed by atoms with van der Waals surface area (Å²) >= 11 is 0. The molecule has 2 aliphatic heterocycles. The Balaban J connectivity index is 0.712. The Hall–Kier alpha value is -5.33. The van der Waals surface area contributed by atoms with Crippen LogP contribution in [0.2, 0.25) is 0 Å². The van der Waals surface area contributed by atoms with Crippen molar-refractivity contribution < 1.29 is 32.6 Å². The topological polar surface area (TPSA) is 163 Å². The number of benzene rings is 1. The number of anilines is 2. The Kier molecular flexibility index (Phi) is 12.8. The number of carbonyl (C=O) groups excluding carboxylic acids is 3. The number of ketones is 2. The number of alkyl halides is 2. The number of rotatable bonds is 14. The lowest BCUT2D eigenvalue weighted by Crippen LogP contribution is -2.42. The van der Waals surface area contributed by atoms with Crippen LogP contribution in [0, 0.1) is 5.92 Å². The van der Waals surface area contributed by atoms with Crippen molar-refractivity contribution in [1.82, 2.24) is 38.4 Å². The number of para-hydroxylation sites is 1. The SMILES string of the molecule is Cn1c(=O)n(C2CCC(=O)CC2=O)c2cccc(CCCOCC3CCN(CC4CCC(n5cc(NC(=O)c6cnn7ccc(N8CCCCC8)nc67)c(C(F)F)n5)CC4)CO3)c21. The van der Waals surface area contributed by atoms with Gasteiger partial charge in [-0.1, -0.05) is 12.1 Å². The fourth-order valence-electron chi connectivity index (χ4n) is 10.0. The Bertz CT molecular complexity index is 2510. The third-order valence-electron chi connectivity index (χ3n) is 13.4. The van der Waals surface area contributed by atoms with Gasteiger partial charge in [0.15, 0.2) is 17.1 Å². The molecular weight excluding hydrogens is 815 g/mol. The molecule has 4 aliphatic rings. The quantitative estimate of drug-likeness (QED) is 0.102. The fourth-order valence-corrected chi connectivity index (χ4v) is 10.0. The highest BCUT2D eigenvalue weighted by molar-refractivity contribution is 6.08. The summed E-state index contributed by atoms with van der Waals surface area (Å²) < 4.78 is 47.1. The molecule has 9 rings (SSSR count). The van der Waals surface area contributed by atoms with Crippen LogP contribution in [0.4, 0.5) is 20.3 Å². The summed E-state index contributed by atoms with van der Waals surface area (Å²) in [7, 11) is 1.73. The predicted molar refractivity (Wildman–Crippen MR) is 230 cm³/mol. The summed E-state index contributed by atoms with van der Waals surface area (Å²) in [5.41, 5.74) is 2.45. The van der Waals surface area contributed by atoms with Gasteiger partial charge in [-0.25, -0.2) is 23.1 Å². The van der Waals surface area contributed by atoms with E-state index in [-0.39, 0.29) is 47.1 Å². The van der Waals surface area contributed by atoms with E-state index < -0.39 is 24.1 Å². The average Bonchev–Trinajstić information content (AvgIpc) is 3.99. The lowest BCUT2D eigenvalue weighted by molar-refractivity contribution is -0.132. The van der Waals surface area contributed by atoms with Crippen molar-refractivity contribution in [3.63, 3.8) is 0 Å². The molecule has 0 spiro atoms. The summed E-state index contributed by atoms with van der Waals surface area (Å²) in [6.45, 7) is 5.17. The Morgan fingerprint density at radius 2 is 1.84 bits per heavy atom. The molecule has 4 aromatic heterocycles. The van der Waals surface area contributed by atoms with Gasteiger partial charge >= 0.3 is 5.69 Å². The number of carbonyl (C=O) groups is 3. The molecule has 2 atom stereocenters. The number of nitrogens with zero attached hydrogens (tertiary/aromatic N) is 9. The van der Waals surface area contributed by atoms with E-state index >= 15 is 0 Å².